The number of rotatable bonds is 8. The Morgan fingerprint density at radius 2 is 1.50 bits per heavy atom. The van der Waals surface area contributed by atoms with Crippen LogP contribution in [0.2, 0.25) is 0 Å². The first-order valence-corrected chi connectivity index (χ1v) is 9.42. The van der Waals surface area contributed by atoms with Crippen molar-refractivity contribution in [1.82, 2.24) is 9.97 Å². The van der Waals surface area contributed by atoms with Crippen LogP contribution in [0.15, 0.2) is 60.8 Å². The average molecular weight is 375 g/mol. The van der Waals surface area contributed by atoms with E-state index >= 15 is 0 Å². The van der Waals surface area contributed by atoms with E-state index in [1.165, 1.54) is 5.69 Å². The monoisotopic (exact) mass is 375 g/mol. The first kappa shape index (κ1) is 19.4. The van der Waals surface area contributed by atoms with Crippen LogP contribution in [0.3, 0.4) is 0 Å². The molecule has 0 fully saturated rings. The van der Waals surface area contributed by atoms with Gasteiger partial charge in [0.1, 0.15) is 5.82 Å². The fourth-order valence-corrected chi connectivity index (χ4v) is 2.90. The van der Waals surface area contributed by atoms with E-state index in [4.69, 9.17) is 0 Å². The lowest BCUT2D eigenvalue weighted by Gasteiger charge is -2.21. The standard InChI is InChI=1S/C22H25N5O/c1-4-27(5-2)20-12-10-19(11-13-20)25-22-23-15-14-21(26-22)24-18-8-6-17(7-9-18)16(3)28/h6-15H,4-5H2,1-3H3,(H2,23,24,25,26). The summed E-state index contributed by atoms with van der Waals surface area (Å²) >= 11 is 0. The van der Waals surface area contributed by atoms with Crippen LogP contribution in [-0.4, -0.2) is 28.8 Å². The number of nitrogens with one attached hydrogen (secondary N) is 2. The second-order valence-corrected chi connectivity index (χ2v) is 6.37. The number of nitrogens with zero attached hydrogens (tertiary/aromatic N) is 3. The number of carbonyl (C=O) groups excluding carboxylic acids is 1. The zero-order valence-corrected chi connectivity index (χ0v) is 16.4. The van der Waals surface area contributed by atoms with Crippen LogP contribution in [0.5, 0.6) is 0 Å². The van der Waals surface area contributed by atoms with Gasteiger partial charge in [0, 0.05) is 41.9 Å². The van der Waals surface area contributed by atoms with Gasteiger partial charge in [-0.05, 0) is 75.4 Å². The first-order chi connectivity index (χ1) is 13.6. The second kappa shape index (κ2) is 8.99. The highest BCUT2D eigenvalue weighted by atomic mass is 16.1. The van der Waals surface area contributed by atoms with E-state index in [2.05, 4.69) is 51.5 Å². The lowest BCUT2D eigenvalue weighted by atomic mass is 10.1. The third-order valence-electron chi connectivity index (χ3n) is 4.47. The number of aromatic nitrogens is 2. The van der Waals surface area contributed by atoms with Gasteiger partial charge in [0.15, 0.2) is 5.78 Å². The predicted octanol–water partition coefficient (Wildman–Crippen LogP) is 5.01. The predicted molar refractivity (Wildman–Crippen MR) is 115 cm³/mol. The molecular formula is C22H25N5O. The molecule has 0 radical (unpaired) electrons. The summed E-state index contributed by atoms with van der Waals surface area (Å²) in [6.45, 7) is 7.81. The van der Waals surface area contributed by atoms with Crippen LogP contribution >= 0.6 is 0 Å². The van der Waals surface area contributed by atoms with Crippen molar-refractivity contribution in [1.29, 1.82) is 0 Å². The van der Waals surface area contributed by atoms with E-state index in [-0.39, 0.29) is 5.78 Å². The molecule has 144 valence electrons. The molecule has 0 unspecified atom stereocenters. The number of carbonyl (C=O) groups is 1. The Morgan fingerprint density at radius 3 is 2.11 bits per heavy atom. The topological polar surface area (TPSA) is 70.2 Å². The Morgan fingerprint density at radius 1 is 0.893 bits per heavy atom. The summed E-state index contributed by atoms with van der Waals surface area (Å²) < 4.78 is 0. The van der Waals surface area contributed by atoms with Crippen molar-refractivity contribution < 1.29 is 4.79 Å². The third-order valence-corrected chi connectivity index (χ3v) is 4.47. The molecule has 0 bridgehead atoms. The Balaban J connectivity index is 1.68. The van der Waals surface area contributed by atoms with Gasteiger partial charge in [-0.25, -0.2) is 4.98 Å². The van der Waals surface area contributed by atoms with Gasteiger partial charge in [0.25, 0.3) is 0 Å². The van der Waals surface area contributed by atoms with E-state index in [9.17, 15) is 4.79 Å². The Hall–Kier alpha value is -3.41. The molecule has 6 heteroatoms. The van der Waals surface area contributed by atoms with Crippen LogP contribution in [0.1, 0.15) is 31.1 Å². The Labute approximate surface area is 165 Å². The fourth-order valence-electron chi connectivity index (χ4n) is 2.90. The molecule has 0 aliphatic carbocycles. The lowest BCUT2D eigenvalue weighted by molar-refractivity contribution is 0.101. The normalized spacial score (nSPS) is 10.4. The smallest absolute Gasteiger partial charge is 0.229 e. The van der Waals surface area contributed by atoms with E-state index in [0.29, 0.717) is 17.3 Å². The van der Waals surface area contributed by atoms with Crippen LogP contribution < -0.4 is 15.5 Å². The molecule has 28 heavy (non-hydrogen) atoms. The lowest BCUT2D eigenvalue weighted by Crippen LogP contribution is -2.21. The summed E-state index contributed by atoms with van der Waals surface area (Å²) in [5, 5.41) is 6.46. The molecule has 1 aromatic heterocycles. The largest absolute Gasteiger partial charge is 0.372 e. The van der Waals surface area contributed by atoms with Gasteiger partial charge in [-0.1, -0.05) is 0 Å². The molecule has 0 amide bonds. The number of hydrogen-bond donors (Lipinski definition) is 2. The van der Waals surface area contributed by atoms with Crippen molar-refractivity contribution in [3.05, 3.63) is 66.4 Å². The van der Waals surface area contributed by atoms with Crippen LogP contribution in [0.25, 0.3) is 0 Å². The summed E-state index contributed by atoms with van der Waals surface area (Å²) in [4.78, 5) is 22.5. The van der Waals surface area contributed by atoms with Crippen molar-refractivity contribution >= 4 is 34.6 Å². The molecule has 1 heterocycles. The quantitative estimate of drug-likeness (QED) is 0.539. The van der Waals surface area contributed by atoms with Gasteiger partial charge in [0.2, 0.25) is 5.95 Å². The zero-order chi connectivity index (χ0) is 19.9. The maximum absolute atomic E-state index is 11.4. The van der Waals surface area contributed by atoms with Gasteiger partial charge in [0.05, 0.1) is 0 Å². The van der Waals surface area contributed by atoms with Crippen molar-refractivity contribution in [2.24, 2.45) is 0 Å². The molecule has 0 aliphatic heterocycles. The van der Waals surface area contributed by atoms with Gasteiger partial charge < -0.3 is 15.5 Å². The Bertz CT molecular complexity index is 918. The zero-order valence-electron chi connectivity index (χ0n) is 16.4. The van der Waals surface area contributed by atoms with Crippen molar-refractivity contribution in [3.63, 3.8) is 0 Å². The number of anilines is 5. The van der Waals surface area contributed by atoms with E-state index < -0.39 is 0 Å². The highest BCUT2D eigenvalue weighted by molar-refractivity contribution is 5.94. The number of ketones is 1. The molecule has 0 atom stereocenters. The van der Waals surface area contributed by atoms with Gasteiger partial charge in [-0.15, -0.1) is 0 Å². The van der Waals surface area contributed by atoms with Crippen molar-refractivity contribution in [2.45, 2.75) is 20.8 Å². The molecule has 0 spiro atoms. The van der Waals surface area contributed by atoms with Crippen LogP contribution in [-0.2, 0) is 0 Å². The summed E-state index contributed by atoms with van der Waals surface area (Å²) in [6.07, 6.45) is 1.70. The molecule has 0 saturated heterocycles. The third kappa shape index (κ3) is 4.85. The van der Waals surface area contributed by atoms with Gasteiger partial charge in [-0.2, -0.15) is 4.98 Å². The van der Waals surface area contributed by atoms with Gasteiger partial charge in [-0.3, -0.25) is 4.79 Å². The summed E-state index contributed by atoms with van der Waals surface area (Å²) in [5.74, 6) is 1.24. The van der Waals surface area contributed by atoms with Gasteiger partial charge >= 0.3 is 0 Å². The number of hydrogen-bond acceptors (Lipinski definition) is 6. The highest BCUT2D eigenvalue weighted by Crippen LogP contribution is 2.21. The van der Waals surface area contributed by atoms with Crippen LogP contribution in [0.4, 0.5) is 28.8 Å². The van der Waals surface area contributed by atoms with Crippen molar-refractivity contribution in [2.75, 3.05) is 28.6 Å². The number of benzene rings is 2. The van der Waals surface area contributed by atoms with E-state index in [1.807, 2.05) is 24.3 Å². The maximum atomic E-state index is 11.4. The summed E-state index contributed by atoms with van der Waals surface area (Å²) in [7, 11) is 0. The molecule has 6 nitrogen and oxygen atoms in total. The SMILES string of the molecule is CCN(CC)c1ccc(Nc2nccc(Nc3ccc(C(C)=O)cc3)n2)cc1. The molecule has 0 aliphatic rings. The molecule has 3 aromatic rings. The maximum Gasteiger partial charge on any atom is 0.229 e. The highest BCUT2D eigenvalue weighted by Gasteiger charge is 2.04. The minimum absolute atomic E-state index is 0.0482. The minimum atomic E-state index is 0.0482. The van der Waals surface area contributed by atoms with E-state index in [1.54, 1.807) is 31.3 Å². The molecule has 3 rings (SSSR count). The summed E-state index contributed by atoms with van der Waals surface area (Å²) in [6, 6.07) is 17.3. The average Bonchev–Trinajstić information content (AvgIpc) is 2.71. The first-order valence-electron chi connectivity index (χ1n) is 9.42. The Kier molecular flexibility index (Phi) is 6.22. The van der Waals surface area contributed by atoms with Crippen LogP contribution in [0, 0.1) is 0 Å². The number of Topliss-reactive ketones (excluding diaryl/α,β-unsaturated/α-hetero) is 1. The molecule has 2 aromatic carbocycles. The molecular weight excluding hydrogens is 350 g/mol. The minimum Gasteiger partial charge on any atom is -0.372 e. The second-order valence-electron chi connectivity index (χ2n) is 6.37. The summed E-state index contributed by atoms with van der Waals surface area (Å²) in [5.41, 5.74) is 3.67. The molecule has 2 N–H and O–H groups in total. The van der Waals surface area contributed by atoms with Crippen molar-refractivity contribution in [3.8, 4) is 0 Å². The molecule has 0 saturated carbocycles. The van der Waals surface area contributed by atoms with E-state index in [0.717, 1.165) is 24.5 Å². The fraction of sp³-hybridized carbons (Fsp3) is 0.227.